The Kier molecular flexibility index (Phi) is 6.65. The minimum absolute atomic E-state index is 0.211. The number of aromatic nitrogens is 1. The van der Waals surface area contributed by atoms with Crippen LogP contribution in [0.2, 0.25) is 0 Å². The van der Waals surface area contributed by atoms with Crippen molar-refractivity contribution in [3.63, 3.8) is 0 Å². The van der Waals surface area contributed by atoms with Gasteiger partial charge in [0.05, 0.1) is 0 Å². The first-order valence-electron chi connectivity index (χ1n) is 10.7. The van der Waals surface area contributed by atoms with Crippen LogP contribution in [-0.2, 0) is 16.6 Å². The molecule has 2 aliphatic rings. The molecule has 0 N–H and O–H groups in total. The highest BCUT2D eigenvalue weighted by molar-refractivity contribution is 7.89. The standard InChI is InChI=1S/C22H29FN4O2S/c23-20-7-5-19(6-8-20)18-25-11-4-12-26(16-15-25)22-10-9-21(17-24-22)30(28,29)27-13-2-1-3-14-27/h5-10,17H,1-4,11-16,18H2. The molecule has 4 rings (SSSR count). The molecule has 0 amide bonds. The Labute approximate surface area is 178 Å². The van der Waals surface area contributed by atoms with Crippen molar-refractivity contribution < 1.29 is 12.8 Å². The maximum Gasteiger partial charge on any atom is 0.244 e. The van der Waals surface area contributed by atoms with Crippen LogP contribution in [0.5, 0.6) is 0 Å². The van der Waals surface area contributed by atoms with Crippen molar-refractivity contribution >= 4 is 15.8 Å². The molecule has 0 spiro atoms. The fraction of sp³-hybridized carbons (Fsp3) is 0.500. The maximum absolute atomic E-state index is 13.1. The summed E-state index contributed by atoms with van der Waals surface area (Å²) in [5.41, 5.74) is 1.11. The molecule has 0 saturated carbocycles. The number of piperidine rings is 1. The van der Waals surface area contributed by atoms with Gasteiger partial charge in [-0.25, -0.2) is 17.8 Å². The molecule has 6 nitrogen and oxygen atoms in total. The van der Waals surface area contributed by atoms with Gasteiger partial charge in [0, 0.05) is 52.0 Å². The van der Waals surface area contributed by atoms with Crippen LogP contribution in [0, 0.1) is 5.82 Å². The smallest absolute Gasteiger partial charge is 0.244 e. The van der Waals surface area contributed by atoms with E-state index in [1.165, 1.54) is 18.3 Å². The highest BCUT2D eigenvalue weighted by Gasteiger charge is 2.26. The van der Waals surface area contributed by atoms with Crippen molar-refractivity contribution in [2.75, 3.05) is 44.2 Å². The summed E-state index contributed by atoms with van der Waals surface area (Å²) in [5, 5.41) is 0. The van der Waals surface area contributed by atoms with Gasteiger partial charge in [-0.3, -0.25) is 4.90 Å². The van der Waals surface area contributed by atoms with Crippen LogP contribution in [0.4, 0.5) is 10.2 Å². The van der Waals surface area contributed by atoms with E-state index < -0.39 is 10.0 Å². The summed E-state index contributed by atoms with van der Waals surface area (Å²) in [4.78, 5) is 9.34. The molecule has 162 valence electrons. The highest BCUT2D eigenvalue weighted by Crippen LogP contribution is 2.22. The van der Waals surface area contributed by atoms with Gasteiger partial charge in [0.2, 0.25) is 10.0 Å². The lowest BCUT2D eigenvalue weighted by atomic mass is 10.2. The number of hydrogen-bond donors (Lipinski definition) is 0. The zero-order valence-corrected chi connectivity index (χ0v) is 18.0. The van der Waals surface area contributed by atoms with Gasteiger partial charge in [-0.2, -0.15) is 4.31 Å². The van der Waals surface area contributed by atoms with Gasteiger partial charge in [0.1, 0.15) is 16.5 Å². The molecule has 0 bridgehead atoms. The van der Waals surface area contributed by atoms with Crippen LogP contribution in [0.1, 0.15) is 31.2 Å². The molecule has 3 heterocycles. The summed E-state index contributed by atoms with van der Waals surface area (Å²) in [5.74, 6) is 0.605. The van der Waals surface area contributed by atoms with Crippen LogP contribution in [-0.4, -0.2) is 61.9 Å². The van der Waals surface area contributed by atoms with E-state index in [9.17, 15) is 12.8 Å². The largest absolute Gasteiger partial charge is 0.355 e. The SMILES string of the molecule is O=S(=O)(c1ccc(N2CCCN(Cc3ccc(F)cc3)CC2)nc1)N1CCCCC1. The van der Waals surface area contributed by atoms with E-state index >= 15 is 0 Å². The quantitative estimate of drug-likeness (QED) is 0.727. The molecule has 30 heavy (non-hydrogen) atoms. The average molecular weight is 433 g/mol. The second kappa shape index (κ2) is 9.41. The Morgan fingerprint density at radius 1 is 0.833 bits per heavy atom. The Hall–Kier alpha value is -2.03. The Bertz CT molecular complexity index is 929. The lowest BCUT2D eigenvalue weighted by molar-refractivity contribution is 0.285. The minimum Gasteiger partial charge on any atom is -0.355 e. The van der Waals surface area contributed by atoms with Gasteiger partial charge < -0.3 is 4.90 Å². The van der Waals surface area contributed by atoms with Crippen LogP contribution < -0.4 is 4.90 Å². The molecule has 8 heteroatoms. The topological polar surface area (TPSA) is 56.8 Å². The lowest BCUT2D eigenvalue weighted by Crippen LogP contribution is -2.35. The van der Waals surface area contributed by atoms with Gasteiger partial charge in [0.25, 0.3) is 0 Å². The van der Waals surface area contributed by atoms with Crippen LogP contribution in [0.25, 0.3) is 0 Å². The van der Waals surface area contributed by atoms with E-state index in [4.69, 9.17) is 0 Å². The van der Waals surface area contributed by atoms with Gasteiger partial charge in [0.15, 0.2) is 0 Å². The number of benzene rings is 1. The maximum atomic E-state index is 13.1. The summed E-state index contributed by atoms with van der Waals surface area (Å²) < 4.78 is 40.3. The van der Waals surface area contributed by atoms with Crippen molar-refractivity contribution in [1.29, 1.82) is 0 Å². The van der Waals surface area contributed by atoms with Crippen molar-refractivity contribution in [2.45, 2.75) is 37.1 Å². The summed E-state index contributed by atoms with van der Waals surface area (Å²) in [6.07, 6.45) is 5.44. The number of pyridine rings is 1. The molecular formula is C22H29FN4O2S. The van der Waals surface area contributed by atoms with E-state index in [-0.39, 0.29) is 10.7 Å². The molecule has 0 atom stereocenters. The average Bonchev–Trinajstić information content (AvgIpc) is 3.02. The zero-order chi connectivity index (χ0) is 21.0. The van der Waals surface area contributed by atoms with Crippen molar-refractivity contribution in [3.8, 4) is 0 Å². The minimum atomic E-state index is -3.45. The molecule has 2 aromatic rings. The lowest BCUT2D eigenvalue weighted by Gasteiger charge is -2.26. The molecular weight excluding hydrogens is 403 g/mol. The van der Waals surface area contributed by atoms with E-state index in [0.717, 1.165) is 69.8 Å². The van der Waals surface area contributed by atoms with E-state index in [1.807, 2.05) is 18.2 Å². The second-order valence-electron chi connectivity index (χ2n) is 8.06. The predicted molar refractivity (Wildman–Crippen MR) is 115 cm³/mol. The normalized spacial score (nSPS) is 19.6. The molecule has 2 aliphatic heterocycles. The third kappa shape index (κ3) is 4.99. The number of halogens is 1. The van der Waals surface area contributed by atoms with Gasteiger partial charge in [-0.05, 0) is 49.1 Å². The molecule has 0 unspecified atom stereocenters. The Morgan fingerprint density at radius 3 is 2.30 bits per heavy atom. The first-order chi connectivity index (χ1) is 14.5. The van der Waals surface area contributed by atoms with Crippen LogP contribution >= 0.6 is 0 Å². The number of sulfonamides is 1. The summed E-state index contributed by atoms with van der Waals surface area (Å²) >= 11 is 0. The molecule has 1 aromatic heterocycles. The molecule has 2 fully saturated rings. The Balaban J connectivity index is 1.38. The van der Waals surface area contributed by atoms with Gasteiger partial charge >= 0.3 is 0 Å². The third-order valence-corrected chi connectivity index (χ3v) is 7.79. The number of rotatable bonds is 5. The number of anilines is 1. The van der Waals surface area contributed by atoms with E-state index in [1.54, 1.807) is 10.4 Å². The fourth-order valence-electron chi connectivity index (χ4n) is 4.17. The molecule has 0 radical (unpaired) electrons. The first kappa shape index (κ1) is 21.2. The number of hydrogen-bond acceptors (Lipinski definition) is 5. The van der Waals surface area contributed by atoms with E-state index in [2.05, 4.69) is 14.8 Å². The summed E-state index contributed by atoms with van der Waals surface area (Å²) in [6.45, 7) is 5.55. The van der Waals surface area contributed by atoms with Gasteiger partial charge in [-0.1, -0.05) is 18.6 Å². The summed E-state index contributed by atoms with van der Waals surface area (Å²) in [6, 6.07) is 10.2. The highest BCUT2D eigenvalue weighted by atomic mass is 32.2. The Morgan fingerprint density at radius 2 is 1.60 bits per heavy atom. The fourth-order valence-corrected chi connectivity index (χ4v) is 5.64. The first-order valence-corrected chi connectivity index (χ1v) is 12.1. The predicted octanol–water partition coefficient (Wildman–Crippen LogP) is 3.11. The van der Waals surface area contributed by atoms with Crippen molar-refractivity contribution in [3.05, 3.63) is 54.0 Å². The molecule has 0 aliphatic carbocycles. The van der Waals surface area contributed by atoms with Crippen LogP contribution in [0.15, 0.2) is 47.5 Å². The monoisotopic (exact) mass is 432 g/mol. The number of nitrogens with zero attached hydrogens (tertiary/aromatic N) is 4. The van der Waals surface area contributed by atoms with Crippen molar-refractivity contribution in [2.24, 2.45) is 0 Å². The molecule has 2 saturated heterocycles. The van der Waals surface area contributed by atoms with Crippen molar-refractivity contribution in [1.82, 2.24) is 14.2 Å². The molecule has 1 aromatic carbocycles. The third-order valence-electron chi connectivity index (χ3n) is 5.91. The van der Waals surface area contributed by atoms with Gasteiger partial charge in [-0.15, -0.1) is 0 Å². The van der Waals surface area contributed by atoms with E-state index in [0.29, 0.717) is 13.1 Å². The summed E-state index contributed by atoms with van der Waals surface area (Å²) in [7, 11) is -3.45. The van der Waals surface area contributed by atoms with Crippen LogP contribution in [0.3, 0.4) is 0 Å². The second-order valence-corrected chi connectivity index (χ2v) is 10.00. The zero-order valence-electron chi connectivity index (χ0n) is 17.2.